The summed E-state index contributed by atoms with van der Waals surface area (Å²) in [5.41, 5.74) is -7.68. The second-order valence-corrected chi connectivity index (χ2v) is 7.27. The molecule has 10 heteroatoms. The standard InChI is InChI=1S/C23H18F6O4/c1-13-4-2-7-18(20(13)21(24,22(25,26)27)23(28,29)32)14-5-3-6-16(10-14)33-17-8-9-19(31)15(11-17)12-30/h2-11,30-32H,12H2,1H3. The first-order chi connectivity index (χ1) is 15.3. The van der Waals surface area contributed by atoms with Gasteiger partial charge in [0.15, 0.2) is 0 Å². The van der Waals surface area contributed by atoms with Crippen LogP contribution in [0, 0.1) is 6.92 Å². The van der Waals surface area contributed by atoms with E-state index in [1.807, 2.05) is 0 Å². The summed E-state index contributed by atoms with van der Waals surface area (Å²) in [6.07, 6.45) is -11.9. The third kappa shape index (κ3) is 4.49. The molecule has 3 aromatic carbocycles. The highest BCUT2D eigenvalue weighted by Crippen LogP contribution is 2.54. The summed E-state index contributed by atoms with van der Waals surface area (Å²) in [5.74, 6) is 0.0385. The second kappa shape index (κ2) is 8.60. The van der Waals surface area contributed by atoms with Crippen molar-refractivity contribution in [2.45, 2.75) is 31.5 Å². The zero-order chi connectivity index (χ0) is 24.6. The van der Waals surface area contributed by atoms with Crippen LogP contribution in [0.4, 0.5) is 26.3 Å². The van der Waals surface area contributed by atoms with Gasteiger partial charge in [0.2, 0.25) is 0 Å². The zero-order valence-corrected chi connectivity index (χ0v) is 17.0. The number of hydrogen-bond acceptors (Lipinski definition) is 4. The van der Waals surface area contributed by atoms with Gasteiger partial charge in [-0.1, -0.05) is 30.3 Å². The lowest BCUT2D eigenvalue weighted by atomic mass is 9.83. The van der Waals surface area contributed by atoms with Crippen molar-refractivity contribution >= 4 is 0 Å². The number of aliphatic hydroxyl groups excluding tert-OH is 1. The number of halogens is 6. The van der Waals surface area contributed by atoms with Crippen molar-refractivity contribution in [1.82, 2.24) is 0 Å². The van der Waals surface area contributed by atoms with Gasteiger partial charge in [0.25, 0.3) is 0 Å². The Labute approximate surface area is 184 Å². The van der Waals surface area contributed by atoms with Crippen LogP contribution in [-0.4, -0.2) is 27.6 Å². The predicted octanol–water partition coefficient (Wildman–Crippen LogP) is 5.96. The van der Waals surface area contributed by atoms with Crippen LogP contribution in [0.2, 0.25) is 0 Å². The third-order valence-electron chi connectivity index (χ3n) is 5.02. The quantitative estimate of drug-likeness (QED) is 0.387. The van der Waals surface area contributed by atoms with Crippen LogP contribution in [-0.2, 0) is 12.3 Å². The highest BCUT2D eigenvalue weighted by atomic mass is 19.4. The Hall–Kier alpha value is -3.24. The number of aliphatic hydroxyl groups is 2. The summed E-state index contributed by atoms with van der Waals surface area (Å²) >= 11 is 0. The third-order valence-corrected chi connectivity index (χ3v) is 5.02. The number of benzene rings is 3. The molecule has 0 saturated carbocycles. The highest BCUT2D eigenvalue weighted by molar-refractivity contribution is 5.72. The van der Waals surface area contributed by atoms with Crippen molar-refractivity contribution in [3.8, 4) is 28.4 Å². The summed E-state index contributed by atoms with van der Waals surface area (Å²) in [4.78, 5) is 0. The molecular formula is C23H18F6O4. The van der Waals surface area contributed by atoms with Gasteiger partial charge in [-0.3, -0.25) is 0 Å². The molecule has 0 amide bonds. The van der Waals surface area contributed by atoms with E-state index >= 15 is 4.39 Å². The van der Waals surface area contributed by atoms with Gasteiger partial charge >= 0.3 is 18.0 Å². The van der Waals surface area contributed by atoms with Crippen LogP contribution >= 0.6 is 0 Å². The van der Waals surface area contributed by atoms with E-state index in [1.165, 1.54) is 48.5 Å². The van der Waals surface area contributed by atoms with E-state index in [0.717, 1.165) is 19.1 Å². The summed E-state index contributed by atoms with van der Waals surface area (Å²) in [6.45, 7) is 0.541. The van der Waals surface area contributed by atoms with Crippen LogP contribution in [0.25, 0.3) is 11.1 Å². The van der Waals surface area contributed by atoms with E-state index in [0.29, 0.717) is 0 Å². The lowest BCUT2D eigenvalue weighted by molar-refractivity contribution is -0.375. The molecule has 33 heavy (non-hydrogen) atoms. The van der Waals surface area contributed by atoms with Gasteiger partial charge in [-0.25, -0.2) is 4.39 Å². The van der Waals surface area contributed by atoms with Gasteiger partial charge < -0.3 is 20.1 Å². The molecule has 0 heterocycles. The van der Waals surface area contributed by atoms with Crippen molar-refractivity contribution in [3.05, 3.63) is 77.4 Å². The Morgan fingerprint density at radius 1 is 0.848 bits per heavy atom. The van der Waals surface area contributed by atoms with Crippen LogP contribution < -0.4 is 4.74 Å². The lowest BCUT2D eigenvalue weighted by Gasteiger charge is -2.34. The van der Waals surface area contributed by atoms with Gasteiger partial charge in [-0.15, -0.1) is 0 Å². The second-order valence-electron chi connectivity index (χ2n) is 7.27. The Morgan fingerprint density at radius 3 is 2.09 bits per heavy atom. The Kier molecular flexibility index (Phi) is 6.36. The van der Waals surface area contributed by atoms with E-state index in [4.69, 9.17) is 9.84 Å². The first-order valence-corrected chi connectivity index (χ1v) is 9.46. The molecule has 1 atom stereocenters. The molecule has 0 spiro atoms. The fourth-order valence-electron chi connectivity index (χ4n) is 3.44. The first-order valence-electron chi connectivity index (χ1n) is 9.46. The minimum atomic E-state index is -6.13. The predicted molar refractivity (Wildman–Crippen MR) is 107 cm³/mol. The summed E-state index contributed by atoms with van der Waals surface area (Å²) in [6, 6.07) is 12.5. The monoisotopic (exact) mass is 472 g/mol. The van der Waals surface area contributed by atoms with Gasteiger partial charge in [0.05, 0.1) is 6.61 Å². The Morgan fingerprint density at radius 2 is 1.48 bits per heavy atom. The maximum atomic E-state index is 15.1. The number of rotatable bonds is 6. The average Bonchev–Trinajstić information content (AvgIpc) is 2.73. The molecule has 0 aliphatic heterocycles. The topological polar surface area (TPSA) is 69.9 Å². The molecule has 0 aliphatic carbocycles. The number of aromatic hydroxyl groups is 1. The van der Waals surface area contributed by atoms with Gasteiger partial charge in [-0.05, 0) is 53.9 Å². The van der Waals surface area contributed by atoms with Crippen molar-refractivity contribution < 1.29 is 46.4 Å². The molecule has 0 aromatic heterocycles. The molecule has 0 saturated heterocycles. The largest absolute Gasteiger partial charge is 0.508 e. The van der Waals surface area contributed by atoms with Gasteiger partial charge in [0, 0.05) is 11.1 Å². The normalized spacial score (nSPS) is 14.1. The number of ether oxygens (including phenoxy) is 1. The van der Waals surface area contributed by atoms with Crippen molar-refractivity contribution in [2.24, 2.45) is 0 Å². The van der Waals surface area contributed by atoms with E-state index in [1.54, 1.807) is 0 Å². The van der Waals surface area contributed by atoms with E-state index < -0.39 is 41.3 Å². The molecule has 0 bridgehead atoms. The van der Waals surface area contributed by atoms with Crippen LogP contribution in [0.3, 0.4) is 0 Å². The minimum absolute atomic E-state index is 0.0572. The number of hydrogen-bond donors (Lipinski definition) is 3. The fraction of sp³-hybridized carbons (Fsp3) is 0.217. The minimum Gasteiger partial charge on any atom is -0.508 e. The summed E-state index contributed by atoms with van der Waals surface area (Å²) in [5, 5.41) is 27.8. The molecule has 0 fully saturated rings. The van der Waals surface area contributed by atoms with Crippen molar-refractivity contribution in [1.29, 1.82) is 0 Å². The molecular weight excluding hydrogens is 454 g/mol. The first kappa shape index (κ1) is 24.4. The Bertz CT molecular complexity index is 1140. The zero-order valence-electron chi connectivity index (χ0n) is 17.0. The summed E-state index contributed by atoms with van der Waals surface area (Å²) < 4.78 is 88.7. The number of aryl methyl sites for hydroxylation is 1. The van der Waals surface area contributed by atoms with E-state index in [-0.39, 0.29) is 28.4 Å². The number of phenols is 1. The van der Waals surface area contributed by atoms with Crippen molar-refractivity contribution in [3.63, 3.8) is 0 Å². The molecule has 176 valence electrons. The molecule has 3 N–H and O–H groups in total. The van der Waals surface area contributed by atoms with Crippen LogP contribution in [0.15, 0.2) is 60.7 Å². The molecule has 3 aromatic rings. The van der Waals surface area contributed by atoms with Crippen LogP contribution in [0.5, 0.6) is 17.2 Å². The number of alkyl halides is 6. The van der Waals surface area contributed by atoms with E-state index in [9.17, 15) is 32.2 Å². The molecule has 4 nitrogen and oxygen atoms in total. The van der Waals surface area contributed by atoms with Crippen LogP contribution in [0.1, 0.15) is 16.7 Å². The molecule has 1 unspecified atom stereocenters. The lowest BCUT2D eigenvalue weighted by Crippen LogP contribution is -2.53. The van der Waals surface area contributed by atoms with Crippen molar-refractivity contribution in [2.75, 3.05) is 0 Å². The fourth-order valence-corrected chi connectivity index (χ4v) is 3.44. The van der Waals surface area contributed by atoms with Gasteiger partial charge in [0.1, 0.15) is 17.2 Å². The highest BCUT2D eigenvalue weighted by Gasteiger charge is 2.73. The average molecular weight is 472 g/mol. The maximum Gasteiger partial charge on any atom is 0.435 e. The van der Waals surface area contributed by atoms with Gasteiger partial charge in [-0.2, -0.15) is 22.0 Å². The Balaban J connectivity index is 2.14. The molecule has 0 radical (unpaired) electrons. The maximum absolute atomic E-state index is 15.1. The van der Waals surface area contributed by atoms with E-state index in [2.05, 4.69) is 0 Å². The smallest absolute Gasteiger partial charge is 0.435 e. The molecule has 0 aliphatic rings. The molecule has 3 rings (SSSR count). The SMILES string of the molecule is Cc1cccc(-c2cccc(Oc3ccc(O)c(CO)c3)c2)c1C(F)(C(O)(F)F)C(F)(F)F. The summed E-state index contributed by atoms with van der Waals surface area (Å²) in [7, 11) is 0.